The van der Waals surface area contributed by atoms with Crippen LogP contribution in [0.3, 0.4) is 0 Å². The van der Waals surface area contributed by atoms with Gasteiger partial charge in [-0.25, -0.2) is 4.98 Å². The van der Waals surface area contributed by atoms with Crippen molar-refractivity contribution in [2.75, 3.05) is 6.61 Å². The molecule has 2 heterocycles. The first-order valence-electron chi connectivity index (χ1n) is 8.61. The molecule has 0 aliphatic carbocycles. The average Bonchev–Trinajstić information content (AvgIpc) is 2.66. The molecule has 1 atom stereocenters. The Morgan fingerprint density at radius 3 is 2.57 bits per heavy atom. The smallest absolute Gasteiger partial charge is 0.422 e. The summed E-state index contributed by atoms with van der Waals surface area (Å²) in [5.74, 6) is -0.492. The third-order valence-electron chi connectivity index (χ3n) is 3.84. The number of Topliss-reactive ketones (excluding diaryl/α,β-unsaturated/α-hetero) is 1. The maximum Gasteiger partial charge on any atom is 0.422 e. The third-order valence-corrected chi connectivity index (χ3v) is 3.84. The number of ketones is 1. The van der Waals surface area contributed by atoms with Crippen LogP contribution in [0.5, 0.6) is 5.88 Å². The molecule has 150 valence electrons. The van der Waals surface area contributed by atoms with E-state index in [0.29, 0.717) is 23.2 Å². The lowest BCUT2D eigenvalue weighted by molar-refractivity contribution is -0.154. The Morgan fingerprint density at radius 1 is 1.21 bits per heavy atom. The molecule has 28 heavy (non-hydrogen) atoms. The fourth-order valence-corrected chi connectivity index (χ4v) is 2.30. The minimum atomic E-state index is -4.44. The number of carbonyl (C=O) groups is 2. The van der Waals surface area contributed by atoms with Crippen LogP contribution >= 0.6 is 0 Å². The minimum absolute atomic E-state index is 0.0253. The fourth-order valence-electron chi connectivity index (χ4n) is 2.30. The second-order valence-corrected chi connectivity index (χ2v) is 6.13. The number of nitrogens with zero attached hydrogens (tertiary/aromatic N) is 2. The lowest BCUT2D eigenvalue weighted by Crippen LogP contribution is -2.27. The SMILES string of the molecule is CCC(=O)Cc1cc(C(=O)NC(C)c2ccc(OCC(F)(F)F)nc2)ccn1. The highest BCUT2D eigenvalue weighted by molar-refractivity contribution is 5.94. The van der Waals surface area contributed by atoms with E-state index >= 15 is 0 Å². The molecule has 0 radical (unpaired) electrons. The molecular formula is C19H20F3N3O3. The Hall–Kier alpha value is -2.97. The molecular weight excluding hydrogens is 375 g/mol. The van der Waals surface area contributed by atoms with Crippen LogP contribution in [0.1, 0.15) is 47.9 Å². The fraction of sp³-hybridized carbons (Fsp3) is 0.368. The Kier molecular flexibility index (Phi) is 7.08. The number of hydrogen-bond acceptors (Lipinski definition) is 5. The summed E-state index contributed by atoms with van der Waals surface area (Å²) in [6.45, 7) is 2.05. The maximum atomic E-state index is 12.4. The van der Waals surface area contributed by atoms with E-state index in [1.54, 1.807) is 19.9 Å². The van der Waals surface area contributed by atoms with Crippen molar-refractivity contribution in [3.05, 3.63) is 53.5 Å². The second kappa shape index (κ2) is 9.29. The van der Waals surface area contributed by atoms with Crippen LogP contribution < -0.4 is 10.1 Å². The summed E-state index contributed by atoms with van der Waals surface area (Å²) in [5, 5.41) is 2.77. The first-order valence-corrected chi connectivity index (χ1v) is 8.61. The Labute approximate surface area is 160 Å². The molecule has 0 bridgehead atoms. The van der Waals surface area contributed by atoms with E-state index in [4.69, 9.17) is 0 Å². The number of rotatable bonds is 8. The van der Waals surface area contributed by atoms with Gasteiger partial charge in [0.2, 0.25) is 5.88 Å². The molecule has 9 heteroatoms. The first-order chi connectivity index (χ1) is 13.2. The van der Waals surface area contributed by atoms with Crippen LogP contribution in [-0.4, -0.2) is 34.4 Å². The van der Waals surface area contributed by atoms with Gasteiger partial charge in [-0.05, 0) is 24.6 Å². The summed E-state index contributed by atoms with van der Waals surface area (Å²) in [4.78, 5) is 31.9. The van der Waals surface area contributed by atoms with Crippen molar-refractivity contribution in [3.63, 3.8) is 0 Å². The summed E-state index contributed by atoms with van der Waals surface area (Å²) < 4.78 is 41.0. The third kappa shape index (κ3) is 6.64. The number of pyridine rings is 2. The van der Waals surface area contributed by atoms with Gasteiger partial charge in [0.15, 0.2) is 6.61 Å². The summed E-state index contributed by atoms with van der Waals surface area (Å²) in [5.41, 5.74) is 1.47. The molecule has 0 spiro atoms. The van der Waals surface area contributed by atoms with Gasteiger partial charge in [0, 0.05) is 42.6 Å². The zero-order chi connectivity index (χ0) is 20.7. The predicted octanol–water partition coefficient (Wildman–Crippen LogP) is 3.43. The molecule has 0 saturated heterocycles. The maximum absolute atomic E-state index is 12.4. The van der Waals surface area contributed by atoms with Gasteiger partial charge in [-0.2, -0.15) is 13.2 Å². The van der Waals surface area contributed by atoms with Crippen LogP contribution in [0.15, 0.2) is 36.7 Å². The van der Waals surface area contributed by atoms with Crippen LogP contribution in [-0.2, 0) is 11.2 Å². The lowest BCUT2D eigenvalue weighted by atomic mass is 10.1. The lowest BCUT2D eigenvalue weighted by Gasteiger charge is -2.15. The monoisotopic (exact) mass is 395 g/mol. The number of amides is 1. The van der Waals surface area contributed by atoms with E-state index in [9.17, 15) is 22.8 Å². The van der Waals surface area contributed by atoms with Crippen molar-refractivity contribution in [2.45, 2.75) is 38.9 Å². The van der Waals surface area contributed by atoms with Gasteiger partial charge in [0.05, 0.1) is 6.04 Å². The van der Waals surface area contributed by atoms with Gasteiger partial charge < -0.3 is 10.1 Å². The number of nitrogens with one attached hydrogen (secondary N) is 1. The molecule has 6 nitrogen and oxygen atoms in total. The molecule has 1 amide bonds. The van der Waals surface area contributed by atoms with E-state index < -0.39 is 18.8 Å². The van der Waals surface area contributed by atoms with Crippen molar-refractivity contribution in [1.29, 1.82) is 0 Å². The number of halogens is 3. The van der Waals surface area contributed by atoms with Gasteiger partial charge in [-0.3, -0.25) is 14.6 Å². The zero-order valence-electron chi connectivity index (χ0n) is 15.4. The molecule has 0 aliphatic heterocycles. The normalized spacial score (nSPS) is 12.3. The number of aromatic nitrogens is 2. The summed E-state index contributed by atoms with van der Waals surface area (Å²) in [6.07, 6.45) is -1.07. The van der Waals surface area contributed by atoms with Crippen molar-refractivity contribution in [1.82, 2.24) is 15.3 Å². The molecule has 1 N–H and O–H groups in total. The van der Waals surface area contributed by atoms with Gasteiger partial charge in [0.1, 0.15) is 5.78 Å². The van der Waals surface area contributed by atoms with Crippen LogP contribution in [0.25, 0.3) is 0 Å². The number of ether oxygens (including phenoxy) is 1. The summed E-state index contributed by atoms with van der Waals surface area (Å²) >= 11 is 0. The number of hydrogen-bond donors (Lipinski definition) is 1. The zero-order valence-corrected chi connectivity index (χ0v) is 15.4. The van der Waals surface area contributed by atoms with Gasteiger partial charge in [-0.15, -0.1) is 0 Å². The molecule has 2 rings (SSSR count). The highest BCUT2D eigenvalue weighted by atomic mass is 19.4. The molecule has 2 aromatic rings. The molecule has 0 aliphatic rings. The van der Waals surface area contributed by atoms with Crippen molar-refractivity contribution < 1.29 is 27.5 Å². The average molecular weight is 395 g/mol. The molecule has 0 fully saturated rings. The molecule has 0 saturated carbocycles. The van der Waals surface area contributed by atoms with Crippen molar-refractivity contribution in [2.24, 2.45) is 0 Å². The van der Waals surface area contributed by atoms with Crippen LogP contribution in [0.4, 0.5) is 13.2 Å². The van der Waals surface area contributed by atoms with E-state index in [2.05, 4.69) is 20.0 Å². The van der Waals surface area contributed by atoms with Crippen molar-refractivity contribution >= 4 is 11.7 Å². The largest absolute Gasteiger partial charge is 0.468 e. The van der Waals surface area contributed by atoms with E-state index in [0.717, 1.165) is 0 Å². The Balaban J connectivity index is 1.98. The minimum Gasteiger partial charge on any atom is -0.468 e. The highest BCUT2D eigenvalue weighted by Crippen LogP contribution is 2.19. The van der Waals surface area contributed by atoms with E-state index in [1.165, 1.54) is 30.6 Å². The van der Waals surface area contributed by atoms with E-state index in [1.807, 2.05) is 0 Å². The molecule has 0 aromatic carbocycles. The summed E-state index contributed by atoms with van der Waals surface area (Å²) in [6, 6.07) is 5.49. The number of carbonyl (C=O) groups excluding carboxylic acids is 2. The van der Waals surface area contributed by atoms with Gasteiger partial charge in [-0.1, -0.05) is 13.0 Å². The topological polar surface area (TPSA) is 81.2 Å². The van der Waals surface area contributed by atoms with Crippen LogP contribution in [0, 0.1) is 0 Å². The van der Waals surface area contributed by atoms with Gasteiger partial charge >= 0.3 is 6.18 Å². The summed E-state index contributed by atoms with van der Waals surface area (Å²) in [7, 11) is 0. The Morgan fingerprint density at radius 2 is 1.96 bits per heavy atom. The quantitative estimate of drug-likeness (QED) is 0.741. The molecule has 2 aromatic heterocycles. The standard InChI is InChI=1S/C19H20F3N3O3/c1-3-16(26)9-15-8-13(6-7-23-15)18(27)25-12(2)14-4-5-17(24-10-14)28-11-19(20,21)22/h4-8,10,12H,3,9,11H2,1-2H3,(H,25,27). The van der Waals surface area contributed by atoms with Crippen molar-refractivity contribution in [3.8, 4) is 5.88 Å². The van der Waals surface area contributed by atoms with Crippen LogP contribution in [0.2, 0.25) is 0 Å². The van der Waals surface area contributed by atoms with Gasteiger partial charge in [0.25, 0.3) is 5.91 Å². The highest BCUT2D eigenvalue weighted by Gasteiger charge is 2.28. The predicted molar refractivity (Wildman–Crippen MR) is 94.9 cm³/mol. The van der Waals surface area contributed by atoms with E-state index in [-0.39, 0.29) is 24.0 Å². The molecule has 1 unspecified atom stereocenters. The Bertz CT molecular complexity index is 823. The first kappa shape index (κ1) is 21.3. The second-order valence-electron chi connectivity index (χ2n) is 6.13. The number of alkyl halides is 3.